The molecule has 28 heavy (non-hydrogen) atoms. The Hall–Kier alpha value is -2.20. The second-order valence-electron chi connectivity index (χ2n) is 6.76. The van der Waals surface area contributed by atoms with Gasteiger partial charge in [-0.3, -0.25) is 0 Å². The lowest BCUT2D eigenvalue weighted by Gasteiger charge is -2.21. The SMILES string of the molecule is CC(C)CN(/N=C/c1ccc(B(O)O)c(Cl)c1)C1=NS(=O)(=O)c2ccccc21. The third-order valence-corrected chi connectivity index (χ3v) is 5.70. The minimum atomic E-state index is -3.74. The summed E-state index contributed by atoms with van der Waals surface area (Å²) in [7, 11) is -5.41. The van der Waals surface area contributed by atoms with Gasteiger partial charge >= 0.3 is 7.12 Å². The highest BCUT2D eigenvalue weighted by molar-refractivity contribution is 7.90. The summed E-state index contributed by atoms with van der Waals surface area (Å²) in [5, 5.41) is 24.7. The van der Waals surface area contributed by atoms with E-state index in [1.807, 2.05) is 13.8 Å². The molecule has 2 aromatic carbocycles. The van der Waals surface area contributed by atoms with Gasteiger partial charge in [0, 0.05) is 22.6 Å². The number of sulfonamides is 1. The van der Waals surface area contributed by atoms with E-state index in [2.05, 4.69) is 9.50 Å². The van der Waals surface area contributed by atoms with Gasteiger partial charge in [0.2, 0.25) is 0 Å². The molecule has 0 amide bonds. The Balaban J connectivity index is 1.97. The molecule has 0 saturated carbocycles. The third kappa shape index (κ3) is 4.28. The highest BCUT2D eigenvalue weighted by Crippen LogP contribution is 2.28. The van der Waals surface area contributed by atoms with E-state index >= 15 is 0 Å². The first-order valence-electron chi connectivity index (χ1n) is 8.60. The van der Waals surface area contributed by atoms with E-state index in [4.69, 9.17) is 11.6 Å². The van der Waals surface area contributed by atoms with Crippen molar-refractivity contribution in [1.29, 1.82) is 0 Å². The van der Waals surface area contributed by atoms with Crippen molar-refractivity contribution in [2.75, 3.05) is 6.54 Å². The largest absolute Gasteiger partial charge is 0.489 e. The molecule has 0 atom stereocenters. The predicted molar refractivity (Wildman–Crippen MR) is 111 cm³/mol. The Morgan fingerprint density at radius 3 is 2.61 bits per heavy atom. The molecule has 0 spiro atoms. The number of fused-ring (bicyclic) bond motifs is 1. The van der Waals surface area contributed by atoms with Gasteiger partial charge in [0.05, 0.1) is 6.21 Å². The minimum absolute atomic E-state index is 0.165. The maximum Gasteiger partial charge on any atom is 0.489 e. The number of amidine groups is 1. The number of rotatable bonds is 5. The maximum absolute atomic E-state index is 12.3. The summed E-state index contributed by atoms with van der Waals surface area (Å²) in [6.07, 6.45) is 1.53. The smallest absolute Gasteiger partial charge is 0.423 e. The van der Waals surface area contributed by atoms with E-state index in [-0.39, 0.29) is 27.1 Å². The second-order valence-corrected chi connectivity index (χ2v) is 8.74. The van der Waals surface area contributed by atoms with E-state index in [0.717, 1.165) is 0 Å². The minimum Gasteiger partial charge on any atom is -0.423 e. The molecular weight excluding hydrogens is 401 g/mol. The zero-order valence-corrected chi connectivity index (χ0v) is 16.9. The van der Waals surface area contributed by atoms with Gasteiger partial charge in [-0.05, 0) is 29.7 Å². The quantitative estimate of drug-likeness (QED) is 0.434. The van der Waals surface area contributed by atoms with Crippen molar-refractivity contribution in [3.63, 3.8) is 0 Å². The fourth-order valence-electron chi connectivity index (χ4n) is 2.78. The predicted octanol–water partition coefficient (Wildman–Crippen LogP) is 1.46. The summed E-state index contributed by atoms with van der Waals surface area (Å²) in [4.78, 5) is 0.165. The van der Waals surface area contributed by atoms with Crippen molar-refractivity contribution in [3.05, 3.63) is 58.6 Å². The summed E-state index contributed by atoms with van der Waals surface area (Å²) in [5.41, 5.74) is 1.33. The van der Waals surface area contributed by atoms with E-state index < -0.39 is 17.1 Å². The Kier molecular flexibility index (Phi) is 5.90. The Bertz CT molecular complexity index is 1050. The monoisotopic (exact) mass is 419 g/mol. The number of hydrogen-bond acceptors (Lipinski definition) is 6. The van der Waals surface area contributed by atoms with Crippen LogP contribution < -0.4 is 5.46 Å². The molecule has 3 rings (SSSR count). The maximum atomic E-state index is 12.3. The summed E-state index contributed by atoms with van der Waals surface area (Å²) < 4.78 is 28.6. The van der Waals surface area contributed by atoms with E-state index in [9.17, 15) is 18.5 Å². The first-order chi connectivity index (χ1) is 13.2. The molecule has 1 aliphatic rings. The molecule has 0 aliphatic carbocycles. The van der Waals surface area contributed by atoms with Gasteiger partial charge in [-0.25, -0.2) is 5.01 Å². The van der Waals surface area contributed by atoms with Crippen LogP contribution in [0.3, 0.4) is 0 Å². The third-order valence-electron chi connectivity index (χ3n) is 4.04. The van der Waals surface area contributed by atoms with Crippen molar-refractivity contribution in [3.8, 4) is 0 Å². The number of hydrogen-bond donors (Lipinski definition) is 2. The van der Waals surface area contributed by atoms with E-state index in [0.29, 0.717) is 17.7 Å². The molecule has 1 aliphatic heterocycles. The topological polar surface area (TPSA) is 103 Å². The molecule has 146 valence electrons. The van der Waals surface area contributed by atoms with Gasteiger partial charge < -0.3 is 10.0 Å². The molecular formula is C18H19BClN3O4S. The van der Waals surface area contributed by atoms with Crippen LogP contribution in [0.4, 0.5) is 0 Å². The fraction of sp³-hybridized carbons (Fsp3) is 0.222. The molecule has 0 radical (unpaired) electrons. The van der Waals surface area contributed by atoms with Gasteiger partial charge in [-0.2, -0.15) is 13.5 Å². The fourth-order valence-corrected chi connectivity index (χ4v) is 4.27. The molecule has 0 saturated heterocycles. The zero-order chi connectivity index (χ0) is 20.5. The second kappa shape index (κ2) is 8.04. The number of halogens is 1. The van der Waals surface area contributed by atoms with Crippen LogP contribution >= 0.6 is 11.6 Å². The Morgan fingerprint density at radius 2 is 1.96 bits per heavy atom. The van der Waals surface area contributed by atoms with Crippen molar-refractivity contribution >= 4 is 46.3 Å². The van der Waals surface area contributed by atoms with Crippen LogP contribution in [-0.4, -0.2) is 49.2 Å². The Labute approximate surface area is 169 Å². The van der Waals surface area contributed by atoms with E-state index in [1.165, 1.54) is 18.3 Å². The van der Waals surface area contributed by atoms with Crippen molar-refractivity contribution < 1.29 is 18.5 Å². The first-order valence-corrected chi connectivity index (χ1v) is 10.4. The molecule has 1 heterocycles. The summed E-state index contributed by atoms with van der Waals surface area (Å²) in [6.45, 7) is 4.44. The van der Waals surface area contributed by atoms with Crippen molar-refractivity contribution in [2.45, 2.75) is 18.7 Å². The number of benzene rings is 2. The van der Waals surface area contributed by atoms with Crippen LogP contribution in [0.5, 0.6) is 0 Å². The van der Waals surface area contributed by atoms with Gasteiger partial charge in [0.25, 0.3) is 10.0 Å². The standard InChI is InChI=1S/C18H19BClN3O4S/c1-12(2)11-23(18-14-5-3-4-6-17(14)28(26,27)22-18)21-10-13-7-8-15(19(24)25)16(20)9-13/h3-10,12,24-25H,11H2,1-2H3/b21-10+. The molecule has 2 aromatic rings. The average Bonchev–Trinajstić information content (AvgIpc) is 2.90. The molecule has 0 aromatic heterocycles. The lowest BCUT2D eigenvalue weighted by atomic mass is 9.80. The Morgan fingerprint density at radius 1 is 1.25 bits per heavy atom. The number of nitrogens with zero attached hydrogens (tertiary/aromatic N) is 3. The highest BCUT2D eigenvalue weighted by atomic mass is 35.5. The van der Waals surface area contributed by atoms with Gasteiger partial charge in [0.1, 0.15) is 4.90 Å². The van der Waals surface area contributed by atoms with Gasteiger partial charge in [0.15, 0.2) is 5.84 Å². The zero-order valence-electron chi connectivity index (χ0n) is 15.3. The van der Waals surface area contributed by atoms with Crippen LogP contribution in [-0.2, 0) is 10.0 Å². The molecule has 0 unspecified atom stereocenters. The van der Waals surface area contributed by atoms with E-state index in [1.54, 1.807) is 35.3 Å². The molecule has 0 bridgehead atoms. The molecule has 2 N–H and O–H groups in total. The van der Waals surface area contributed by atoms with Crippen LogP contribution in [0, 0.1) is 5.92 Å². The molecule has 7 nitrogen and oxygen atoms in total. The summed E-state index contributed by atoms with van der Waals surface area (Å²) in [5.74, 6) is 0.472. The normalized spacial score (nSPS) is 15.0. The average molecular weight is 420 g/mol. The summed E-state index contributed by atoms with van der Waals surface area (Å²) in [6, 6.07) is 11.3. The van der Waals surface area contributed by atoms with Crippen LogP contribution in [0.2, 0.25) is 5.02 Å². The number of hydrazone groups is 1. The van der Waals surface area contributed by atoms with Crippen LogP contribution in [0.1, 0.15) is 25.0 Å². The highest BCUT2D eigenvalue weighted by Gasteiger charge is 2.31. The first kappa shape index (κ1) is 20.5. The lowest BCUT2D eigenvalue weighted by molar-refractivity contribution is 0.386. The lowest BCUT2D eigenvalue weighted by Crippen LogP contribution is -2.31. The van der Waals surface area contributed by atoms with Crippen LogP contribution in [0.15, 0.2) is 56.9 Å². The van der Waals surface area contributed by atoms with Crippen molar-refractivity contribution in [1.82, 2.24) is 5.01 Å². The molecule has 10 heteroatoms. The summed E-state index contributed by atoms with van der Waals surface area (Å²) >= 11 is 6.06. The van der Waals surface area contributed by atoms with Crippen LogP contribution in [0.25, 0.3) is 0 Å². The van der Waals surface area contributed by atoms with Crippen molar-refractivity contribution in [2.24, 2.45) is 15.4 Å². The van der Waals surface area contributed by atoms with Gasteiger partial charge in [-0.1, -0.05) is 49.7 Å². The van der Waals surface area contributed by atoms with Gasteiger partial charge in [-0.15, -0.1) is 4.40 Å². The molecule has 0 fully saturated rings.